The van der Waals surface area contributed by atoms with Crippen molar-refractivity contribution < 1.29 is 0 Å². The molecule has 0 radical (unpaired) electrons. The molecule has 0 unspecified atom stereocenters. The zero-order valence-electron chi connectivity index (χ0n) is 12.0. The fourth-order valence-electron chi connectivity index (χ4n) is 1.91. The first-order valence-corrected chi connectivity index (χ1v) is 8.44. The van der Waals surface area contributed by atoms with Crippen LogP contribution in [0, 0.1) is 0 Å². The lowest BCUT2D eigenvalue weighted by atomic mass is 10.2. The molecule has 0 amide bonds. The lowest BCUT2D eigenvalue weighted by Gasteiger charge is -2.07. The second kappa shape index (κ2) is 6.85. The van der Waals surface area contributed by atoms with Crippen molar-refractivity contribution >= 4 is 38.6 Å². The Kier molecular flexibility index (Phi) is 4.65. The van der Waals surface area contributed by atoms with E-state index in [9.17, 15) is 0 Å². The van der Waals surface area contributed by atoms with E-state index in [4.69, 9.17) is 0 Å². The molecule has 0 aliphatic carbocycles. The summed E-state index contributed by atoms with van der Waals surface area (Å²) in [5, 5.41) is 9.15. The predicted molar refractivity (Wildman–Crippen MR) is 97.7 cm³/mol. The molecule has 0 spiro atoms. The largest absolute Gasteiger partial charge is 0.242 e. The van der Waals surface area contributed by atoms with Crippen molar-refractivity contribution in [2.24, 2.45) is 5.10 Å². The van der Waals surface area contributed by atoms with Crippen LogP contribution < -0.4 is 5.01 Å². The summed E-state index contributed by atoms with van der Waals surface area (Å²) in [6.07, 6.45) is 1.83. The second-order valence-electron chi connectivity index (χ2n) is 4.70. The molecule has 0 saturated carbocycles. The summed E-state index contributed by atoms with van der Waals surface area (Å²) in [6, 6.07) is 18.2. The third kappa shape index (κ3) is 3.61. The first-order valence-electron chi connectivity index (χ1n) is 6.76. The van der Waals surface area contributed by atoms with Crippen LogP contribution >= 0.6 is 27.3 Å². The minimum absolute atomic E-state index is 0.868. The number of benzene rings is 2. The highest BCUT2D eigenvalue weighted by molar-refractivity contribution is 9.10. The van der Waals surface area contributed by atoms with Crippen LogP contribution in [0.1, 0.15) is 5.56 Å². The summed E-state index contributed by atoms with van der Waals surface area (Å²) in [5.74, 6) is 0. The lowest BCUT2D eigenvalue weighted by Crippen LogP contribution is -2.08. The normalized spacial score (nSPS) is 11.0. The topological polar surface area (TPSA) is 28.5 Å². The van der Waals surface area contributed by atoms with Gasteiger partial charge in [0.2, 0.25) is 5.13 Å². The summed E-state index contributed by atoms with van der Waals surface area (Å²) < 4.78 is 1.06. The first-order chi connectivity index (χ1) is 10.7. The fraction of sp³-hybridized carbons (Fsp3) is 0.0588. The molecule has 1 aromatic heterocycles. The van der Waals surface area contributed by atoms with Crippen molar-refractivity contribution in [3.05, 3.63) is 70.0 Å². The zero-order valence-corrected chi connectivity index (χ0v) is 14.4. The van der Waals surface area contributed by atoms with Crippen molar-refractivity contribution in [1.29, 1.82) is 0 Å². The van der Waals surface area contributed by atoms with Gasteiger partial charge in [-0.3, -0.25) is 0 Å². The Morgan fingerprint density at radius 3 is 2.55 bits per heavy atom. The van der Waals surface area contributed by atoms with Gasteiger partial charge in [-0.05, 0) is 17.7 Å². The van der Waals surface area contributed by atoms with Gasteiger partial charge in [-0.25, -0.2) is 9.99 Å². The Morgan fingerprint density at radius 1 is 1.09 bits per heavy atom. The Labute approximate surface area is 142 Å². The summed E-state index contributed by atoms with van der Waals surface area (Å²) in [7, 11) is 1.91. The van der Waals surface area contributed by atoms with Gasteiger partial charge in [-0.15, -0.1) is 11.3 Å². The number of thiazole rings is 1. The molecule has 3 rings (SSSR count). The molecule has 5 heteroatoms. The van der Waals surface area contributed by atoms with Crippen LogP contribution in [0.2, 0.25) is 0 Å². The Balaban J connectivity index is 1.74. The number of rotatable bonds is 4. The third-order valence-corrected chi connectivity index (χ3v) is 4.52. The Hall–Kier alpha value is -1.98. The highest BCUT2D eigenvalue weighted by Crippen LogP contribution is 2.26. The van der Waals surface area contributed by atoms with Gasteiger partial charge < -0.3 is 0 Å². The minimum Gasteiger partial charge on any atom is -0.242 e. The first kappa shape index (κ1) is 14.9. The molecular weight excluding hydrogens is 358 g/mol. The molecule has 3 aromatic rings. The molecule has 0 N–H and O–H groups in total. The smallest absolute Gasteiger partial charge is 0.206 e. The molecule has 0 bridgehead atoms. The fourth-order valence-corrected chi connectivity index (χ4v) is 2.93. The van der Waals surface area contributed by atoms with Gasteiger partial charge in [0, 0.05) is 22.5 Å². The SMILES string of the molecule is CN(/N=C/c1ccc(Br)cc1)c1nc(-c2ccccc2)cs1. The van der Waals surface area contributed by atoms with Crippen LogP contribution in [-0.2, 0) is 0 Å². The van der Waals surface area contributed by atoms with Gasteiger partial charge in [0.15, 0.2) is 0 Å². The van der Waals surface area contributed by atoms with Crippen molar-refractivity contribution in [2.45, 2.75) is 0 Å². The molecule has 0 atom stereocenters. The maximum atomic E-state index is 4.63. The molecule has 22 heavy (non-hydrogen) atoms. The van der Waals surface area contributed by atoms with E-state index in [1.165, 1.54) is 0 Å². The summed E-state index contributed by atoms with van der Waals surface area (Å²) >= 11 is 5.01. The van der Waals surface area contributed by atoms with Crippen LogP contribution in [0.25, 0.3) is 11.3 Å². The van der Waals surface area contributed by atoms with E-state index in [-0.39, 0.29) is 0 Å². The predicted octanol–water partition coefficient (Wildman–Crippen LogP) is 5.04. The molecule has 1 heterocycles. The number of anilines is 1. The quantitative estimate of drug-likeness (QED) is 0.474. The molecule has 3 nitrogen and oxygen atoms in total. The van der Waals surface area contributed by atoms with E-state index in [1.54, 1.807) is 16.3 Å². The second-order valence-corrected chi connectivity index (χ2v) is 6.45. The van der Waals surface area contributed by atoms with Crippen LogP contribution in [0.4, 0.5) is 5.13 Å². The van der Waals surface area contributed by atoms with E-state index < -0.39 is 0 Å². The Morgan fingerprint density at radius 2 is 1.82 bits per heavy atom. The molecule has 0 aliphatic heterocycles. The number of nitrogens with zero attached hydrogens (tertiary/aromatic N) is 3. The van der Waals surface area contributed by atoms with Gasteiger partial charge in [0.1, 0.15) is 0 Å². The minimum atomic E-state index is 0.868. The average Bonchev–Trinajstić information content (AvgIpc) is 3.05. The van der Waals surface area contributed by atoms with E-state index >= 15 is 0 Å². The molecule has 110 valence electrons. The maximum absolute atomic E-state index is 4.63. The van der Waals surface area contributed by atoms with Crippen LogP contribution in [0.3, 0.4) is 0 Å². The summed E-state index contributed by atoms with van der Waals surface area (Å²) in [5.41, 5.74) is 3.15. The number of halogens is 1. The highest BCUT2D eigenvalue weighted by Gasteiger charge is 2.07. The van der Waals surface area contributed by atoms with Crippen LogP contribution in [0.5, 0.6) is 0 Å². The number of hydrogen-bond acceptors (Lipinski definition) is 4. The maximum Gasteiger partial charge on any atom is 0.206 e. The van der Waals surface area contributed by atoms with Crippen molar-refractivity contribution in [3.8, 4) is 11.3 Å². The van der Waals surface area contributed by atoms with Crippen molar-refractivity contribution in [1.82, 2.24) is 4.98 Å². The average molecular weight is 372 g/mol. The molecule has 0 saturated heterocycles. The van der Waals surface area contributed by atoms with Gasteiger partial charge >= 0.3 is 0 Å². The number of hydrazone groups is 1. The highest BCUT2D eigenvalue weighted by atomic mass is 79.9. The van der Waals surface area contributed by atoms with Crippen LogP contribution in [-0.4, -0.2) is 18.2 Å². The molecule has 0 aliphatic rings. The van der Waals surface area contributed by atoms with Crippen molar-refractivity contribution in [3.63, 3.8) is 0 Å². The van der Waals surface area contributed by atoms with E-state index in [2.05, 4.69) is 43.5 Å². The number of hydrogen-bond donors (Lipinski definition) is 0. The molecular formula is C17H14BrN3S. The molecule has 0 fully saturated rings. The van der Waals surface area contributed by atoms with Gasteiger partial charge in [-0.1, -0.05) is 58.4 Å². The van der Waals surface area contributed by atoms with E-state index in [1.807, 2.05) is 55.7 Å². The van der Waals surface area contributed by atoms with E-state index in [0.29, 0.717) is 0 Å². The Bertz CT molecular complexity index is 766. The number of aromatic nitrogens is 1. The standard InChI is InChI=1S/C17H14BrN3S/c1-21(19-11-13-7-9-15(18)10-8-13)17-20-16(12-22-17)14-5-3-2-4-6-14/h2-12H,1H3/b19-11+. The van der Waals surface area contributed by atoms with Gasteiger partial charge in [-0.2, -0.15) is 5.10 Å². The van der Waals surface area contributed by atoms with E-state index in [0.717, 1.165) is 26.4 Å². The van der Waals surface area contributed by atoms with Gasteiger partial charge in [0.25, 0.3) is 0 Å². The zero-order chi connectivity index (χ0) is 15.4. The summed E-state index contributed by atoms with van der Waals surface area (Å²) in [6.45, 7) is 0. The third-order valence-electron chi connectivity index (χ3n) is 3.09. The van der Waals surface area contributed by atoms with Gasteiger partial charge in [0.05, 0.1) is 11.9 Å². The monoisotopic (exact) mass is 371 g/mol. The van der Waals surface area contributed by atoms with Crippen molar-refractivity contribution in [2.75, 3.05) is 12.1 Å². The lowest BCUT2D eigenvalue weighted by molar-refractivity contribution is 1.01. The molecule has 2 aromatic carbocycles. The van der Waals surface area contributed by atoms with Crippen LogP contribution in [0.15, 0.2) is 69.6 Å². The summed E-state index contributed by atoms with van der Waals surface area (Å²) in [4.78, 5) is 4.63.